The molecule has 1 aliphatic carbocycles. The monoisotopic (exact) mass is 351 g/mol. The highest BCUT2D eigenvalue weighted by Gasteiger charge is 2.16. The van der Waals surface area contributed by atoms with Crippen LogP contribution in [0.4, 0.5) is 0 Å². The lowest BCUT2D eigenvalue weighted by Gasteiger charge is -2.08. The zero-order chi connectivity index (χ0) is 18.1. The zero-order valence-corrected chi connectivity index (χ0v) is 14.6. The Morgan fingerprint density at radius 3 is 2.70 bits per heavy atom. The van der Waals surface area contributed by atoms with Gasteiger partial charge in [-0.1, -0.05) is 60.7 Å². The normalized spacial score (nSPS) is 12.7. The second-order valence-corrected chi connectivity index (χ2v) is 6.40. The predicted octanol–water partition coefficient (Wildman–Crippen LogP) is 4.93. The molecule has 130 valence electrons. The number of nitrogens with zero attached hydrogens (tertiary/aromatic N) is 3. The minimum absolute atomic E-state index is 0.541. The lowest BCUT2D eigenvalue weighted by atomic mass is 10.1. The SMILES string of the molecule is C1=CC(c2nc(-c3cccc(OCc4ccccc4)c3)n3ccncc23)=C1. The molecule has 4 aromatic rings. The van der Waals surface area contributed by atoms with Crippen LogP contribution in [0.1, 0.15) is 11.3 Å². The van der Waals surface area contributed by atoms with Crippen molar-refractivity contribution >= 4 is 11.1 Å². The van der Waals surface area contributed by atoms with E-state index in [1.807, 2.05) is 54.9 Å². The van der Waals surface area contributed by atoms with Gasteiger partial charge in [-0.15, -0.1) is 0 Å². The molecular formula is C23H17N3O. The van der Waals surface area contributed by atoms with Gasteiger partial charge in [0.2, 0.25) is 0 Å². The van der Waals surface area contributed by atoms with Crippen molar-refractivity contribution in [1.29, 1.82) is 0 Å². The Kier molecular flexibility index (Phi) is 3.79. The first-order valence-corrected chi connectivity index (χ1v) is 8.86. The second-order valence-electron chi connectivity index (χ2n) is 6.40. The Labute approximate surface area is 157 Å². The van der Waals surface area contributed by atoms with E-state index in [0.29, 0.717) is 6.61 Å². The maximum Gasteiger partial charge on any atom is 0.145 e. The largest absolute Gasteiger partial charge is 0.489 e. The molecule has 0 saturated heterocycles. The highest BCUT2D eigenvalue weighted by atomic mass is 16.5. The third-order valence-electron chi connectivity index (χ3n) is 4.61. The number of rotatable bonds is 5. The molecule has 0 amide bonds. The first-order valence-electron chi connectivity index (χ1n) is 8.86. The fourth-order valence-electron chi connectivity index (χ4n) is 3.17. The number of hydrogen-bond acceptors (Lipinski definition) is 3. The van der Waals surface area contributed by atoms with Gasteiger partial charge in [0.15, 0.2) is 0 Å². The van der Waals surface area contributed by atoms with Crippen molar-refractivity contribution in [2.45, 2.75) is 6.61 Å². The average molecular weight is 351 g/mol. The summed E-state index contributed by atoms with van der Waals surface area (Å²) >= 11 is 0. The van der Waals surface area contributed by atoms with Crippen LogP contribution < -0.4 is 4.74 Å². The van der Waals surface area contributed by atoms with Gasteiger partial charge in [-0.25, -0.2) is 4.98 Å². The number of fused-ring (bicyclic) bond motifs is 1. The van der Waals surface area contributed by atoms with Crippen molar-refractivity contribution in [1.82, 2.24) is 14.4 Å². The average Bonchev–Trinajstić information content (AvgIpc) is 3.06. The molecule has 0 saturated carbocycles. The van der Waals surface area contributed by atoms with Gasteiger partial charge in [-0.2, -0.15) is 0 Å². The van der Waals surface area contributed by atoms with Crippen LogP contribution in [0.15, 0.2) is 91.4 Å². The summed E-state index contributed by atoms with van der Waals surface area (Å²) in [4.78, 5) is 9.15. The van der Waals surface area contributed by atoms with Crippen molar-refractivity contribution in [3.8, 4) is 17.1 Å². The summed E-state index contributed by atoms with van der Waals surface area (Å²) in [7, 11) is 0. The van der Waals surface area contributed by atoms with Crippen molar-refractivity contribution in [2.24, 2.45) is 0 Å². The molecule has 0 aliphatic heterocycles. The summed E-state index contributed by atoms with van der Waals surface area (Å²) in [5.74, 6) is 1.71. The predicted molar refractivity (Wildman–Crippen MR) is 106 cm³/mol. The zero-order valence-electron chi connectivity index (χ0n) is 14.6. The standard InChI is InChI=1S/C23H17N3O/c1-2-6-17(7-3-1)16-27-20-11-5-10-19(14-20)23-25-22(18-8-4-9-18)21-15-24-12-13-26(21)23/h1-15H,16H2. The number of aromatic nitrogens is 3. The quantitative estimate of drug-likeness (QED) is 0.512. The minimum Gasteiger partial charge on any atom is -0.489 e. The van der Waals surface area contributed by atoms with Crippen LogP contribution in [0, 0.1) is 0 Å². The molecule has 1 aliphatic rings. The third-order valence-corrected chi connectivity index (χ3v) is 4.61. The number of hydrogen-bond donors (Lipinski definition) is 0. The third kappa shape index (κ3) is 2.91. The van der Waals surface area contributed by atoms with Crippen molar-refractivity contribution < 1.29 is 4.74 Å². The van der Waals surface area contributed by atoms with Crippen LogP contribution in [-0.2, 0) is 6.61 Å². The molecular weight excluding hydrogens is 334 g/mol. The summed E-state index contributed by atoms with van der Waals surface area (Å²) in [6.45, 7) is 0.541. The van der Waals surface area contributed by atoms with E-state index >= 15 is 0 Å². The van der Waals surface area contributed by atoms with E-state index < -0.39 is 0 Å². The van der Waals surface area contributed by atoms with E-state index in [0.717, 1.165) is 39.5 Å². The van der Waals surface area contributed by atoms with E-state index in [1.165, 1.54) is 0 Å². The molecule has 0 atom stereocenters. The molecule has 0 N–H and O–H groups in total. The van der Waals surface area contributed by atoms with Gasteiger partial charge in [0, 0.05) is 23.5 Å². The Balaban J connectivity index is 1.50. The summed E-state index contributed by atoms with van der Waals surface area (Å²) in [5, 5.41) is 0. The van der Waals surface area contributed by atoms with Gasteiger partial charge in [0.1, 0.15) is 18.2 Å². The molecule has 0 fully saturated rings. The van der Waals surface area contributed by atoms with E-state index in [-0.39, 0.29) is 0 Å². The van der Waals surface area contributed by atoms with Gasteiger partial charge < -0.3 is 4.74 Å². The smallest absolute Gasteiger partial charge is 0.145 e. The molecule has 4 nitrogen and oxygen atoms in total. The molecule has 2 aromatic carbocycles. The van der Waals surface area contributed by atoms with Gasteiger partial charge in [-0.3, -0.25) is 9.38 Å². The molecule has 0 unspecified atom stereocenters. The van der Waals surface area contributed by atoms with Crippen molar-refractivity contribution in [3.05, 3.63) is 103 Å². The molecule has 0 spiro atoms. The van der Waals surface area contributed by atoms with Crippen LogP contribution in [0.25, 0.3) is 22.5 Å². The number of allylic oxidation sites excluding steroid dienone is 4. The number of ether oxygens (including phenoxy) is 1. The van der Waals surface area contributed by atoms with Crippen LogP contribution in [0.3, 0.4) is 0 Å². The van der Waals surface area contributed by atoms with Gasteiger partial charge in [0.05, 0.1) is 17.4 Å². The Hall–Kier alpha value is -3.66. The van der Waals surface area contributed by atoms with E-state index in [9.17, 15) is 0 Å². The van der Waals surface area contributed by atoms with Crippen molar-refractivity contribution in [3.63, 3.8) is 0 Å². The second kappa shape index (κ2) is 6.57. The minimum atomic E-state index is 0.541. The van der Waals surface area contributed by atoms with Crippen LogP contribution >= 0.6 is 0 Å². The van der Waals surface area contributed by atoms with Gasteiger partial charge in [0.25, 0.3) is 0 Å². The molecule has 5 rings (SSSR count). The first kappa shape index (κ1) is 15.6. The van der Waals surface area contributed by atoms with Crippen LogP contribution in [-0.4, -0.2) is 14.4 Å². The Bertz CT molecular complexity index is 1170. The lowest BCUT2D eigenvalue weighted by Crippen LogP contribution is -1.96. The summed E-state index contributed by atoms with van der Waals surface area (Å²) < 4.78 is 8.06. The molecule has 2 heterocycles. The van der Waals surface area contributed by atoms with Crippen LogP contribution in [0.5, 0.6) is 5.75 Å². The fraction of sp³-hybridized carbons (Fsp3) is 0.0435. The van der Waals surface area contributed by atoms with Gasteiger partial charge in [-0.05, 0) is 17.7 Å². The maximum absolute atomic E-state index is 5.98. The molecule has 2 aromatic heterocycles. The maximum atomic E-state index is 5.98. The van der Waals surface area contributed by atoms with E-state index in [4.69, 9.17) is 9.72 Å². The Morgan fingerprint density at radius 1 is 1.00 bits per heavy atom. The number of imidazole rings is 1. The van der Waals surface area contributed by atoms with Crippen LogP contribution in [0.2, 0.25) is 0 Å². The molecule has 4 heteroatoms. The topological polar surface area (TPSA) is 39.4 Å². The summed E-state index contributed by atoms with van der Waals surface area (Å²) in [5.41, 5.74) is 5.24. The highest BCUT2D eigenvalue weighted by Crippen LogP contribution is 2.31. The summed E-state index contributed by atoms with van der Waals surface area (Å²) in [6, 6.07) is 18.2. The van der Waals surface area contributed by atoms with E-state index in [1.54, 1.807) is 6.20 Å². The van der Waals surface area contributed by atoms with E-state index in [2.05, 4.69) is 39.7 Å². The molecule has 27 heavy (non-hydrogen) atoms. The molecule has 0 radical (unpaired) electrons. The van der Waals surface area contributed by atoms with Crippen molar-refractivity contribution in [2.75, 3.05) is 0 Å². The lowest BCUT2D eigenvalue weighted by molar-refractivity contribution is 0.306. The van der Waals surface area contributed by atoms with Gasteiger partial charge >= 0.3 is 0 Å². The summed E-state index contributed by atoms with van der Waals surface area (Å²) in [6.07, 6.45) is 11.7. The highest BCUT2D eigenvalue weighted by molar-refractivity contribution is 5.88. The Morgan fingerprint density at radius 2 is 1.89 bits per heavy atom. The molecule has 0 bridgehead atoms. The fourth-order valence-corrected chi connectivity index (χ4v) is 3.17. The number of benzene rings is 2. The first-order chi connectivity index (χ1) is 13.4.